The van der Waals surface area contributed by atoms with Crippen molar-refractivity contribution in [2.45, 2.75) is 10.6 Å². The summed E-state index contributed by atoms with van der Waals surface area (Å²) in [6, 6.07) is 3.77. The molecule has 7 heteroatoms. The Labute approximate surface area is 130 Å². The molecule has 92 valence electrons. The van der Waals surface area contributed by atoms with Crippen LogP contribution in [-0.4, -0.2) is 28.0 Å². The lowest BCUT2D eigenvalue weighted by Crippen LogP contribution is -2.21. The Morgan fingerprint density at radius 1 is 1.47 bits per heavy atom. The van der Waals surface area contributed by atoms with Crippen molar-refractivity contribution in [2.24, 2.45) is 0 Å². The van der Waals surface area contributed by atoms with E-state index in [1.807, 2.05) is 12.1 Å². The summed E-state index contributed by atoms with van der Waals surface area (Å²) in [5.74, 6) is -0.577. The predicted octanol–water partition coefficient (Wildman–Crippen LogP) is 2.39. The van der Waals surface area contributed by atoms with Crippen LogP contribution in [0.4, 0.5) is 0 Å². The topological polar surface area (TPSA) is 69.6 Å². The van der Waals surface area contributed by atoms with Crippen LogP contribution < -0.4 is 5.32 Å². The molecule has 1 fully saturated rings. The monoisotopic (exact) mass is 477 g/mol. The minimum atomic E-state index is -0.815. The van der Waals surface area contributed by atoms with E-state index in [-0.39, 0.29) is 11.1 Å². The average Bonchev–Trinajstić information content (AvgIpc) is 2.72. The van der Waals surface area contributed by atoms with Crippen molar-refractivity contribution < 1.29 is 15.0 Å². The van der Waals surface area contributed by atoms with E-state index in [9.17, 15) is 9.90 Å². The van der Waals surface area contributed by atoms with Crippen molar-refractivity contribution in [1.29, 1.82) is 0 Å². The number of rotatable bonds is 2. The summed E-state index contributed by atoms with van der Waals surface area (Å²) in [7, 11) is 0. The molecule has 1 aliphatic heterocycles. The van der Waals surface area contributed by atoms with Gasteiger partial charge in [0.1, 0.15) is 11.0 Å². The van der Waals surface area contributed by atoms with Gasteiger partial charge in [-0.05, 0) is 57.3 Å². The molecule has 0 spiro atoms. The Hall–Kier alpha value is 0.260. The molecule has 0 aromatic heterocycles. The van der Waals surface area contributed by atoms with E-state index < -0.39 is 11.2 Å². The first-order chi connectivity index (χ1) is 7.99. The van der Waals surface area contributed by atoms with Crippen molar-refractivity contribution in [1.82, 2.24) is 5.32 Å². The molecule has 0 radical (unpaired) electrons. The smallest absolute Gasteiger partial charge is 0.318 e. The van der Waals surface area contributed by atoms with Gasteiger partial charge in [-0.2, -0.15) is 0 Å². The molecule has 3 N–H and O–H groups in total. The number of halogens is 2. The van der Waals surface area contributed by atoms with Gasteiger partial charge in [-0.15, -0.1) is 11.8 Å². The summed E-state index contributed by atoms with van der Waals surface area (Å²) in [5, 5.41) is 21.4. The average molecular weight is 477 g/mol. The number of carboxylic acids is 1. The second-order valence-electron chi connectivity index (χ2n) is 3.58. The number of phenolic OH excluding ortho intramolecular Hbond substituents is 1. The van der Waals surface area contributed by atoms with Gasteiger partial charge in [0.2, 0.25) is 0 Å². The highest BCUT2D eigenvalue weighted by molar-refractivity contribution is 14.1. The number of hydrogen-bond acceptors (Lipinski definition) is 4. The van der Waals surface area contributed by atoms with Crippen molar-refractivity contribution in [3.05, 3.63) is 24.8 Å². The van der Waals surface area contributed by atoms with Gasteiger partial charge in [-0.25, -0.2) is 0 Å². The number of aromatic hydroxyl groups is 1. The first-order valence-corrected chi connectivity index (χ1v) is 7.88. The van der Waals surface area contributed by atoms with E-state index in [0.717, 1.165) is 12.7 Å². The standard InChI is InChI=1S/C10H9I2NO3S/c11-4-1-5(8(14)6(12)2-4)9-13-3-7(17-9)10(15)16/h1-2,7,9,13-14H,3H2,(H,15,16)/t7-,9-/m1/s1. The predicted molar refractivity (Wildman–Crippen MR) is 83.3 cm³/mol. The van der Waals surface area contributed by atoms with Crippen LogP contribution in [0, 0.1) is 7.14 Å². The van der Waals surface area contributed by atoms with Gasteiger partial charge in [-0.1, -0.05) is 0 Å². The van der Waals surface area contributed by atoms with E-state index in [1.54, 1.807) is 0 Å². The van der Waals surface area contributed by atoms with Crippen molar-refractivity contribution in [3.63, 3.8) is 0 Å². The maximum absolute atomic E-state index is 10.9. The van der Waals surface area contributed by atoms with Crippen LogP contribution in [0.25, 0.3) is 0 Å². The van der Waals surface area contributed by atoms with Crippen LogP contribution >= 0.6 is 56.9 Å². The Kier molecular flexibility index (Phi) is 4.42. The number of carbonyl (C=O) groups is 1. The van der Waals surface area contributed by atoms with Crippen LogP contribution in [0.15, 0.2) is 12.1 Å². The number of phenols is 1. The molecule has 0 saturated carbocycles. The maximum atomic E-state index is 10.9. The lowest BCUT2D eigenvalue weighted by molar-refractivity contribution is -0.136. The number of aliphatic carboxylic acids is 1. The molecule has 1 aromatic rings. The lowest BCUT2D eigenvalue weighted by Gasteiger charge is -2.13. The number of thioether (sulfide) groups is 1. The van der Waals surface area contributed by atoms with Crippen LogP contribution in [0.5, 0.6) is 5.75 Å². The molecular formula is C10H9I2NO3S. The van der Waals surface area contributed by atoms with Gasteiger partial charge in [0, 0.05) is 15.7 Å². The summed E-state index contributed by atoms with van der Waals surface area (Å²) >= 11 is 5.58. The van der Waals surface area contributed by atoms with Gasteiger partial charge in [0.25, 0.3) is 0 Å². The van der Waals surface area contributed by atoms with Crippen LogP contribution in [0.2, 0.25) is 0 Å². The quantitative estimate of drug-likeness (QED) is 0.572. The molecule has 0 aliphatic carbocycles. The van der Waals surface area contributed by atoms with Crippen molar-refractivity contribution in [2.75, 3.05) is 6.54 Å². The fourth-order valence-corrected chi connectivity index (χ4v) is 4.63. The van der Waals surface area contributed by atoms with Gasteiger partial charge in [0.05, 0.1) is 8.94 Å². The molecule has 1 heterocycles. The fraction of sp³-hybridized carbons (Fsp3) is 0.300. The van der Waals surface area contributed by atoms with E-state index in [2.05, 4.69) is 50.5 Å². The Bertz CT molecular complexity index is 469. The van der Waals surface area contributed by atoms with E-state index in [0.29, 0.717) is 6.54 Å². The molecule has 1 aromatic carbocycles. The van der Waals surface area contributed by atoms with Crippen LogP contribution in [0.3, 0.4) is 0 Å². The zero-order valence-corrected chi connectivity index (χ0v) is 13.6. The molecular weight excluding hydrogens is 468 g/mol. The Morgan fingerprint density at radius 2 is 2.18 bits per heavy atom. The van der Waals surface area contributed by atoms with Crippen molar-refractivity contribution >= 4 is 62.9 Å². The highest BCUT2D eigenvalue weighted by Gasteiger charge is 2.32. The number of carboxylic acid groups (broad SMARTS) is 1. The zero-order chi connectivity index (χ0) is 12.6. The second kappa shape index (κ2) is 5.49. The van der Waals surface area contributed by atoms with Gasteiger partial charge >= 0.3 is 5.97 Å². The minimum Gasteiger partial charge on any atom is -0.506 e. The third-order valence-corrected chi connectivity index (χ3v) is 5.24. The molecule has 2 atom stereocenters. The van der Waals surface area contributed by atoms with E-state index in [1.165, 1.54) is 11.8 Å². The molecule has 4 nitrogen and oxygen atoms in total. The first kappa shape index (κ1) is 13.7. The Balaban J connectivity index is 2.27. The largest absolute Gasteiger partial charge is 0.506 e. The molecule has 2 rings (SSSR count). The molecule has 0 bridgehead atoms. The summed E-state index contributed by atoms with van der Waals surface area (Å²) in [4.78, 5) is 10.9. The summed E-state index contributed by atoms with van der Waals surface area (Å²) in [5.41, 5.74) is 0.759. The number of hydrogen-bond donors (Lipinski definition) is 3. The molecule has 0 amide bonds. The minimum absolute atomic E-state index is 0.153. The molecule has 0 unspecified atom stereocenters. The normalized spacial score (nSPS) is 23.9. The maximum Gasteiger partial charge on any atom is 0.318 e. The zero-order valence-electron chi connectivity index (χ0n) is 8.48. The summed E-state index contributed by atoms with van der Waals surface area (Å²) < 4.78 is 1.81. The van der Waals surface area contributed by atoms with Crippen LogP contribution in [0.1, 0.15) is 10.9 Å². The molecule has 17 heavy (non-hydrogen) atoms. The van der Waals surface area contributed by atoms with Gasteiger partial charge in [-0.3, -0.25) is 10.1 Å². The second-order valence-corrected chi connectivity index (χ2v) is 7.30. The van der Waals surface area contributed by atoms with Gasteiger partial charge < -0.3 is 10.2 Å². The van der Waals surface area contributed by atoms with E-state index in [4.69, 9.17) is 5.11 Å². The highest BCUT2D eigenvalue weighted by atomic mass is 127. The van der Waals surface area contributed by atoms with E-state index >= 15 is 0 Å². The van der Waals surface area contributed by atoms with Crippen molar-refractivity contribution in [3.8, 4) is 5.75 Å². The fourth-order valence-electron chi connectivity index (χ4n) is 1.59. The number of nitrogens with one attached hydrogen (secondary N) is 1. The number of benzene rings is 1. The third kappa shape index (κ3) is 2.99. The van der Waals surface area contributed by atoms with Gasteiger partial charge in [0.15, 0.2) is 0 Å². The summed E-state index contributed by atoms with van der Waals surface area (Å²) in [6.07, 6.45) is 0. The third-order valence-electron chi connectivity index (χ3n) is 2.40. The van der Waals surface area contributed by atoms with Crippen LogP contribution in [-0.2, 0) is 4.79 Å². The highest BCUT2D eigenvalue weighted by Crippen LogP contribution is 2.41. The lowest BCUT2D eigenvalue weighted by atomic mass is 10.2. The molecule has 1 aliphatic rings. The first-order valence-electron chi connectivity index (χ1n) is 4.78. The Morgan fingerprint density at radius 3 is 2.76 bits per heavy atom. The molecule has 1 saturated heterocycles. The SMILES string of the molecule is O=C(O)[C@H]1CN[C@@H](c2cc(I)cc(I)c2O)S1. The summed E-state index contributed by atoms with van der Waals surface area (Å²) in [6.45, 7) is 0.423.